The summed E-state index contributed by atoms with van der Waals surface area (Å²) in [7, 11) is 0. The normalized spacial score (nSPS) is 10.4. The van der Waals surface area contributed by atoms with E-state index >= 15 is 0 Å². The van der Waals surface area contributed by atoms with Crippen molar-refractivity contribution in [1.29, 1.82) is 0 Å². The van der Waals surface area contributed by atoms with E-state index in [0.29, 0.717) is 17.7 Å². The van der Waals surface area contributed by atoms with Crippen LogP contribution < -0.4 is 5.32 Å². The molecule has 4 nitrogen and oxygen atoms in total. The first-order chi connectivity index (χ1) is 10.7. The second-order valence-corrected chi connectivity index (χ2v) is 4.51. The first kappa shape index (κ1) is 15.5. The lowest BCUT2D eigenvalue weighted by Crippen LogP contribution is -2.04. The van der Waals surface area contributed by atoms with Gasteiger partial charge in [0.15, 0.2) is 5.78 Å². The summed E-state index contributed by atoms with van der Waals surface area (Å²) in [6, 6.07) is 15.9. The van der Waals surface area contributed by atoms with Crippen molar-refractivity contribution in [2.75, 3.05) is 11.9 Å². The predicted molar refractivity (Wildman–Crippen MR) is 85.9 cm³/mol. The summed E-state index contributed by atoms with van der Waals surface area (Å²) in [6.07, 6.45) is 3.04. The zero-order chi connectivity index (χ0) is 15.8. The number of hydrogen-bond donors (Lipinski definition) is 1. The van der Waals surface area contributed by atoms with Crippen LogP contribution in [-0.2, 0) is 4.74 Å². The molecule has 0 atom stereocenters. The summed E-state index contributed by atoms with van der Waals surface area (Å²) in [4.78, 5) is 23.4. The van der Waals surface area contributed by atoms with Crippen molar-refractivity contribution in [3.8, 4) is 0 Å². The van der Waals surface area contributed by atoms with Crippen LogP contribution in [0.3, 0.4) is 0 Å². The standard InChI is InChI=1S/C18H17NO3/c1-2-22-18(21)15-8-10-16(11-9-15)19-13-12-17(20)14-6-4-3-5-7-14/h3-13,19H,2H2,1H3/b13-12-. The van der Waals surface area contributed by atoms with Gasteiger partial charge < -0.3 is 10.1 Å². The summed E-state index contributed by atoms with van der Waals surface area (Å²) >= 11 is 0. The first-order valence-corrected chi connectivity index (χ1v) is 7.00. The van der Waals surface area contributed by atoms with Gasteiger partial charge in [-0.15, -0.1) is 0 Å². The SMILES string of the molecule is CCOC(=O)c1ccc(N/C=C\C(=O)c2ccccc2)cc1. The lowest BCUT2D eigenvalue weighted by Gasteiger charge is -2.04. The van der Waals surface area contributed by atoms with Gasteiger partial charge in [-0.25, -0.2) is 4.79 Å². The Kier molecular flexibility index (Phi) is 5.49. The quantitative estimate of drug-likeness (QED) is 0.502. The third-order valence-electron chi connectivity index (χ3n) is 2.94. The molecular weight excluding hydrogens is 278 g/mol. The number of nitrogens with one attached hydrogen (secondary N) is 1. The maximum absolute atomic E-state index is 11.9. The van der Waals surface area contributed by atoms with Crippen molar-refractivity contribution in [3.63, 3.8) is 0 Å². The maximum Gasteiger partial charge on any atom is 0.338 e. The molecule has 2 aromatic carbocycles. The number of rotatable bonds is 6. The molecule has 0 heterocycles. The van der Waals surface area contributed by atoms with E-state index in [1.165, 1.54) is 6.08 Å². The molecule has 0 bridgehead atoms. The summed E-state index contributed by atoms with van der Waals surface area (Å²) in [5, 5.41) is 2.99. The number of allylic oxidation sites excluding steroid dienone is 1. The molecule has 0 aromatic heterocycles. The van der Waals surface area contributed by atoms with Crippen molar-refractivity contribution in [1.82, 2.24) is 0 Å². The highest BCUT2D eigenvalue weighted by atomic mass is 16.5. The van der Waals surface area contributed by atoms with E-state index in [0.717, 1.165) is 5.69 Å². The number of ketones is 1. The van der Waals surface area contributed by atoms with Crippen LogP contribution in [0.15, 0.2) is 66.9 Å². The molecular formula is C18H17NO3. The Bertz CT molecular complexity index is 660. The van der Waals surface area contributed by atoms with Crippen LogP contribution in [0.2, 0.25) is 0 Å². The number of ether oxygens (including phenoxy) is 1. The molecule has 0 aliphatic carbocycles. The molecule has 4 heteroatoms. The lowest BCUT2D eigenvalue weighted by atomic mass is 10.1. The van der Waals surface area contributed by atoms with Crippen molar-refractivity contribution in [3.05, 3.63) is 78.0 Å². The van der Waals surface area contributed by atoms with E-state index in [1.54, 1.807) is 49.5 Å². The minimum absolute atomic E-state index is 0.0729. The third-order valence-corrected chi connectivity index (χ3v) is 2.94. The molecule has 0 unspecified atom stereocenters. The van der Waals surface area contributed by atoms with Crippen LogP contribution in [0.1, 0.15) is 27.6 Å². The number of anilines is 1. The molecule has 0 spiro atoms. The Hall–Kier alpha value is -2.88. The summed E-state index contributed by atoms with van der Waals surface area (Å²) in [6.45, 7) is 2.12. The van der Waals surface area contributed by atoms with Gasteiger partial charge in [-0.2, -0.15) is 0 Å². The Labute approximate surface area is 129 Å². The molecule has 1 N–H and O–H groups in total. The molecule has 22 heavy (non-hydrogen) atoms. The van der Waals surface area contributed by atoms with Crippen molar-refractivity contribution in [2.45, 2.75) is 6.92 Å². The van der Waals surface area contributed by atoms with Crippen LogP contribution in [0, 0.1) is 0 Å². The fourth-order valence-electron chi connectivity index (χ4n) is 1.83. The van der Waals surface area contributed by atoms with Crippen molar-refractivity contribution < 1.29 is 14.3 Å². The average molecular weight is 295 g/mol. The van der Waals surface area contributed by atoms with Gasteiger partial charge in [0, 0.05) is 23.5 Å². The minimum Gasteiger partial charge on any atom is -0.462 e. The highest BCUT2D eigenvalue weighted by Gasteiger charge is 2.05. The molecule has 0 amide bonds. The smallest absolute Gasteiger partial charge is 0.338 e. The lowest BCUT2D eigenvalue weighted by molar-refractivity contribution is 0.0526. The fraction of sp³-hybridized carbons (Fsp3) is 0.111. The average Bonchev–Trinajstić information content (AvgIpc) is 2.56. The van der Waals surface area contributed by atoms with Gasteiger partial charge in [0.2, 0.25) is 0 Å². The molecule has 112 valence electrons. The molecule has 0 saturated carbocycles. The van der Waals surface area contributed by atoms with Gasteiger partial charge in [0.1, 0.15) is 0 Å². The van der Waals surface area contributed by atoms with Gasteiger partial charge in [-0.05, 0) is 31.2 Å². The van der Waals surface area contributed by atoms with E-state index < -0.39 is 0 Å². The monoisotopic (exact) mass is 295 g/mol. The van der Waals surface area contributed by atoms with Crippen LogP contribution in [0.25, 0.3) is 0 Å². The van der Waals surface area contributed by atoms with Gasteiger partial charge >= 0.3 is 5.97 Å². The first-order valence-electron chi connectivity index (χ1n) is 7.00. The minimum atomic E-state index is -0.344. The van der Waals surface area contributed by atoms with E-state index in [-0.39, 0.29) is 11.8 Å². The number of hydrogen-bond acceptors (Lipinski definition) is 4. The number of carbonyl (C=O) groups excluding carboxylic acids is 2. The molecule has 0 radical (unpaired) electrons. The zero-order valence-electron chi connectivity index (χ0n) is 12.3. The molecule has 2 rings (SSSR count). The Morgan fingerprint density at radius 1 is 1.00 bits per heavy atom. The summed E-state index contributed by atoms with van der Waals surface area (Å²) < 4.78 is 4.91. The van der Waals surface area contributed by atoms with Crippen LogP contribution >= 0.6 is 0 Å². The molecule has 2 aromatic rings. The molecule has 0 aliphatic rings. The van der Waals surface area contributed by atoms with Gasteiger partial charge in [-0.1, -0.05) is 30.3 Å². The van der Waals surface area contributed by atoms with E-state index in [9.17, 15) is 9.59 Å². The Balaban J connectivity index is 1.93. The molecule has 0 aliphatic heterocycles. The predicted octanol–water partition coefficient (Wildman–Crippen LogP) is 3.67. The Morgan fingerprint density at radius 3 is 2.32 bits per heavy atom. The summed E-state index contributed by atoms with van der Waals surface area (Å²) in [5.74, 6) is -0.417. The second kappa shape index (κ2) is 7.78. The van der Waals surface area contributed by atoms with E-state index in [2.05, 4.69) is 5.32 Å². The van der Waals surface area contributed by atoms with Gasteiger partial charge in [0.25, 0.3) is 0 Å². The highest BCUT2D eigenvalue weighted by Crippen LogP contribution is 2.11. The largest absolute Gasteiger partial charge is 0.462 e. The van der Waals surface area contributed by atoms with Crippen LogP contribution in [-0.4, -0.2) is 18.4 Å². The second-order valence-electron chi connectivity index (χ2n) is 4.51. The maximum atomic E-state index is 11.9. The van der Waals surface area contributed by atoms with Crippen LogP contribution in [0.4, 0.5) is 5.69 Å². The zero-order valence-corrected chi connectivity index (χ0v) is 12.3. The van der Waals surface area contributed by atoms with Gasteiger partial charge in [0.05, 0.1) is 12.2 Å². The third kappa shape index (κ3) is 4.31. The van der Waals surface area contributed by atoms with Crippen LogP contribution in [0.5, 0.6) is 0 Å². The number of benzene rings is 2. The fourth-order valence-corrected chi connectivity index (χ4v) is 1.83. The summed E-state index contributed by atoms with van der Waals surface area (Å²) in [5.41, 5.74) is 1.92. The number of esters is 1. The Morgan fingerprint density at radius 2 is 1.68 bits per heavy atom. The molecule has 0 fully saturated rings. The van der Waals surface area contributed by atoms with Crippen molar-refractivity contribution >= 4 is 17.4 Å². The van der Waals surface area contributed by atoms with E-state index in [1.807, 2.05) is 18.2 Å². The van der Waals surface area contributed by atoms with E-state index in [4.69, 9.17) is 4.74 Å². The van der Waals surface area contributed by atoms with Crippen molar-refractivity contribution in [2.24, 2.45) is 0 Å². The van der Waals surface area contributed by atoms with Gasteiger partial charge in [-0.3, -0.25) is 4.79 Å². The topological polar surface area (TPSA) is 55.4 Å². The highest BCUT2D eigenvalue weighted by molar-refractivity contribution is 6.04. The molecule has 0 saturated heterocycles. The number of carbonyl (C=O) groups is 2.